The Balaban J connectivity index is 0.000000271. The van der Waals surface area contributed by atoms with Crippen molar-refractivity contribution in [1.29, 1.82) is 4.78 Å². The molecule has 2 rings (SSSR count). The van der Waals surface area contributed by atoms with E-state index in [2.05, 4.69) is 4.98 Å². The molecule has 0 aliphatic heterocycles. The van der Waals surface area contributed by atoms with Gasteiger partial charge in [0.2, 0.25) is 0 Å². The summed E-state index contributed by atoms with van der Waals surface area (Å²) in [5.74, 6) is 0. The highest BCUT2D eigenvalue weighted by atomic mass is 35.5. The topological polar surface area (TPSA) is 91.1 Å². The van der Waals surface area contributed by atoms with E-state index < -0.39 is 32.5 Å². The number of hydrogen-bond donors (Lipinski definition) is 2. The van der Waals surface area contributed by atoms with Crippen molar-refractivity contribution in [3.63, 3.8) is 0 Å². The quantitative estimate of drug-likeness (QED) is 0.641. The zero-order valence-corrected chi connectivity index (χ0v) is 17.2. The Bertz CT molecular complexity index is 954. The fraction of sp³-hybridized carbons (Fsp3) is 0.312. The van der Waals surface area contributed by atoms with Gasteiger partial charge in [-0.15, -0.1) is 0 Å². The molecule has 0 aliphatic carbocycles. The van der Waals surface area contributed by atoms with E-state index in [1.165, 1.54) is 6.26 Å². The molecular formula is C16H18ClF3N2O3S2. The summed E-state index contributed by atoms with van der Waals surface area (Å²) in [5, 5.41) is -0.353. The number of pyridine rings is 1. The number of hydrogen-bond acceptors (Lipinski definition) is 4. The van der Waals surface area contributed by atoms with Crippen LogP contribution in [0, 0.1) is 25.6 Å². The molecule has 1 unspecified atom stereocenters. The van der Waals surface area contributed by atoms with E-state index in [9.17, 15) is 21.6 Å². The van der Waals surface area contributed by atoms with E-state index in [0.717, 1.165) is 17.8 Å². The zero-order valence-electron chi connectivity index (χ0n) is 14.8. The lowest BCUT2D eigenvalue weighted by atomic mass is 10.1. The van der Waals surface area contributed by atoms with Gasteiger partial charge in [0, 0.05) is 6.20 Å². The molecule has 0 bridgehead atoms. The second-order valence-electron chi connectivity index (χ2n) is 5.72. The fourth-order valence-corrected chi connectivity index (χ4v) is 4.25. The first kappa shape index (κ1) is 23.5. The second-order valence-corrected chi connectivity index (χ2v) is 8.92. The third kappa shape index (κ3) is 6.56. The van der Waals surface area contributed by atoms with Crippen LogP contribution in [0.2, 0.25) is 5.02 Å². The Morgan fingerprint density at radius 3 is 2.00 bits per heavy atom. The van der Waals surface area contributed by atoms with Gasteiger partial charge in [-0.1, -0.05) is 40.0 Å². The number of aryl methyl sites for hydroxylation is 3. The smallest absolute Gasteiger partial charge is 0.282 e. The molecule has 11 heteroatoms. The third-order valence-corrected chi connectivity index (χ3v) is 5.55. The maximum absolute atomic E-state index is 12.4. The SMILES string of the molecule is CS(=N)c1ncc(Cl)cc1C(F)(F)F.Cc1cc(C)c(S(=O)(=O)O)c(C)c1. The minimum Gasteiger partial charge on any atom is -0.282 e. The molecule has 0 fully saturated rings. The number of rotatable bonds is 2. The highest BCUT2D eigenvalue weighted by Gasteiger charge is 2.34. The molecule has 2 N–H and O–H groups in total. The van der Waals surface area contributed by atoms with E-state index in [4.69, 9.17) is 20.9 Å². The predicted octanol–water partition coefficient (Wildman–Crippen LogP) is 4.98. The molecule has 1 aromatic carbocycles. The van der Waals surface area contributed by atoms with Crippen LogP contribution in [0.3, 0.4) is 0 Å². The molecule has 150 valence electrons. The van der Waals surface area contributed by atoms with Gasteiger partial charge in [-0.05, 0) is 44.2 Å². The number of benzene rings is 1. The molecule has 0 aliphatic rings. The summed E-state index contributed by atoms with van der Waals surface area (Å²) in [6.45, 7) is 5.22. The average molecular weight is 443 g/mol. The van der Waals surface area contributed by atoms with E-state index in [-0.39, 0.29) is 14.9 Å². The van der Waals surface area contributed by atoms with Crippen LogP contribution in [0.4, 0.5) is 13.2 Å². The van der Waals surface area contributed by atoms with E-state index in [1.54, 1.807) is 26.0 Å². The normalized spacial score (nSPS) is 12.9. The molecule has 2 aromatic rings. The number of aromatic nitrogens is 1. The lowest BCUT2D eigenvalue weighted by molar-refractivity contribution is -0.140. The summed E-state index contributed by atoms with van der Waals surface area (Å²) in [5.41, 5.74) is 1.23. The Labute approximate surface area is 163 Å². The van der Waals surface area contributed by atoms with Gasteiger partial charge in [0.15, 0.2) is 0 Å². The van der Waals surface area contributed by atoms with Crippen LogP contribution < -0.4 is 0 Å². The molecular weight excluding hydrogens is 425 g/mol. The molecule has 0 saturated carbocycles. The molecule has 27 heavy (non-hydrogen) atoms. The highest BCUT2D eigenvalue weighted by Crippen LogP contribution is 2.33. The monoisotopic (exact) mass is 442 g/mol. The fourth-order valence-electron chi connectivity index (χ4n) is 2.45. The Morgan fingerprint density at radius 2 is 1.63 bits per heavy atom. The zero-order chi connectivity index (χ0) is 21.2. The van der Waals surface area contributed by atoms with Crippen LogP contribution >= 0.6 is 11.6 Å². The van der Waals surface area contributed by atoms with Crippen LogP contribution in [0.15, 0.2) is 34.3 Å². The van der Waals surface area contributed by atoms with Crippen LogP contribution in [0.5, 0.6) is 0 Å². The average Bonchev–Trinajstić information content (AvgIpc) is 2.43. The lowest BCUT2D eigenvalue weighted by Crippen LogP contribution is -2.10. The molecule has 1 atom stereocenters. The molecule has 1 heterocycles. The first-order valence-electron chi connectivity index (χ1n) is 7.29. The van der Waals surface area contributed by atoms with Gasteiger partial charge in [0.05, 0.1) is 15.5 Å². The van der Waals surface area contributed by atoms with Crippen molar-refractivity contribution in [3.05, 3.63) is 51.7 Å². The summed E-state index contributed by atoms with van der Waals surface area (Å²) in [7, 11) is -5.37. The predicted molar refractivity (Wildman–Crippen MR) is 99.0 cm³/mol. The number of nitrogens with one attached hydrogen (secondary N) is 1. The Kier molecular flexibility index (Phi) is 7.57. The summed E-state index contributed by atoms with van der Waals surface area (Å²) >= 11 is 5.41. The van der Waals surface area contributed by atoms with Crippen molar-refractivity contribution in [2.75, 3.05) is 6.26 Å². The van der Waals surface area contributed by atoms with Crippen molar-refractivity contribution < 1.29 is 26.1 Å². The van der Waals surface area contributed by atoms with Crippen molar-refractivity contribution >= 4 is 32.4 Å². The van der Waals surface area contributed by atoms with Gasteiger partial charge in [-0.3, -0.25) is 9.33 Å². The molecule has 0 radical (unpaired) electrons. The van der Waals surface area contributed by atoms with Gasteiger partial charge < -0.3 is 0 Å². The maximum atomic E-state index is 12.4. The Morgan fingerprint density at radius 1 is 1.15 bits per heavy atom. The van der Waals surface area contributed by atoms with E-state index >= 15 is 0 Å². The maximum Gasteiger partial charge on any atom is 0.419 e. The van der Waals surface area contributed by atoms with E-state index in [0.29, 0.717) is 11.1 Å². The molecule has 0 amide bonds. The number of nitrogens with zero attached hydrogens (tertiary/aromatic N) is 1. The van der Waals surface area contributed by atoms with Crippen molar-refractivity contribution in [2.24, 2.45) is 0 Å². The van der Waals surface area contributed by atoms with Gasteiger partial charge in [0.25, 0.3) is 10.1 Å². The third-order valence-electron chi connectivity index (χ3n) is 3.28. The first-order valence-corrected chi connectivity index (χ1v) is 10.7. The second kappa shape index (κ2) is 8.68. The molecule has 1 aromatic heterocycles. The van der Waals surface area contributed by atoms with Crippen molar-refractivity contribution in [2.45, 2.75) is 36.9 Å². The van der Waals surface area contributed by atoms with Gasteiger partial charge in [0.1, 0.15) is 5.03 Å². The van der Waals surface area contributed by atoms with Gasteiger partial charge in [-0.2, -0.15) is 21.6 Å². The van der Waals surface area contributed by atoms with E-state index in [1.807, 2.05) is 6.92 Å². The summed E-state index contributed by atoms with van der Waals surface area (Å²) in [6, 6.07) is 4.26. The van der Waals surface area contributed by atoms with Crippen molar-refractivity contribution in [1.82, 2.24) is 4.98 Å². The van der Waals surface area contributed by atoms with Crippen molar-refractivity contribution in [3.8, 4) is 0 Å². The largest absolute Gasteiger partial charge is 0.419 e. The molecule has 0 spiro atoms. The summed E-state index contributed by atoms with van der Waals surface area (Å²) in [4.78, 5) is 3.54. The molecule has 5 nitrogen and oxygen atoms in total. The van der Waals surface area contributed by atoms with Crippen LogP contribution in [-0.2, 0) is 27.0 Å². The van der Waals surface area contributed by atoms with Crippen LogP contribution in [0.25, 0.3) is 0 Å². The van der Waals surface area contributed by atoms with Gasteiger partial charge >= 0.3 is 6.18 Å². The van der Waals surface area contributed by atoms with Crippen LogP contribution in [0.1, 0.15) is 22.3 Å². The lowest BCUT2D eigenvalue weighted by Gasteiger charge is -2.11. The Hall–Kier alpha value is -1.49. The highest BCUT2D eigenvalue weighted by molar-refractivity contribution is 7.86. The standard InChI is InChI=1S/C9H12O3S.C7H6ClF3N2S/c1-6-4-7(2)9(8(3)5-6)13(10,11)12;1-14(12)6-5(7(9,10)11)2-4(8)3-13-6/h4-5H,1-3H3,(H,10,11,12);2-3,12H,1H3. The minimum atomic E-state index is -4.50. The minimum absolute atomic E-state index is 0.0260. The summed E-state index contributed by atoms with van der Waals surface area (Å²) in [6.07, 6.45) is -2.04. The number of alkyl halides is 3. The van der Waals surface area contributed by atoms with Crippen LogP contribution in [-0.4, -0.2) is 24.2 Å². The first-order chi connectivity index (χ1) is 12.1. The van der Waals surface area contributed by atoms with Gasteiger partial charge in [-0.25, -0.2) is 4.98 Å². The number of halogens is 4. The molecule has 0 saturated heterocycles. The summed E-state index contributed by atoms with van der Waals surface area (Å²) < 4.78 is 75.3.